The standard InChI is InChI=1S/C20H20N4O3/c25-10-9-23-14-22-18-13-16(3-6-19(18)23)24-8-7-21-20(24)15-1-4-17(5-2-15)27-12-11-26/h1-8,13-14,25-26H,9-12H2. The topological polar surface area (TPSA) is 85.3 Å². The molecule has 0 aliphatic carbocycles. The molecule has 2 N–H and O–H groups in total. The van der Waals surface area contributed by atoms with Crippen LogP contribution in [0.3, 0.4) is 0 Å². The van der Waals surface area contributed by atoms with Gasteiger partial charge in [-0.25, -0.2) is 9.97 Å². The highest BCUT2D eigenvalue weighted by Gasteiger charge is 2.10. The normalized spacial score (nSPS) is 11.2. The van der Waals surface area contributed by atoms with Crippen LogP contribution in [0.5, 0.6) is 5.75 Å². The maximum atomic E-state index is 9.15. The first-order valence-corrected chi connectivity index (χ1v) is 8.74. The van der Waals surface area contributed by atoms with Gasteiger partial charge in [0, 0.05) is 30.2 Å². The van der Waals surface area contributed by atoms with E-state index in [1.54, 1.807) is 12.5 Å². The molecule has 0 fully saturated rings. The van der Waals surface area contributed by atoms with Crippen LogP contribution >= 0.6 is 0 Å². The molecule has 4 rings (SSSR count). The Morgan fingerprint density at radius 1 is 0.963 bits per heavy atom. The number of aliphatic hydroxyl groups is 2. The molecule has 0 aliphatic heterocycles. The lowest BCUT2D eigenvalue weighted by atomic mass is 10.2. The maximum absolute atomic E-state index is 9.15. The monoisotopic (exact) mass is 364 g/mol. The van der Waals surface area contributed by atoms with Crippen molar-refractivity contribution in [2.45, 2.75) is 6.54 Å². The summed E-state index contributed by atoms with van der Waals surface area (Å²) in [6.07, 6.45) is 5.42. The summed E-state index contributed by atoms with van der Waals surface area (Å²) in [5.41, 5.74) is 3.78. The average molecular weight is 364 g/mol. The Bertz CT molecular complexity index is 1040. The summed E-state index contributed by atoms with van der Waals surface area (Å²) in [7, 11) is 0. The van der Waals surface area contributed by atoms with Crippen molar-refractivity contribution in [2.75, 3.05) is 19.8 Å². The van der Waals surface area contributed by atoms with Gasteiger partial charge in [-0.2, -0.15) is 0 Å². The lowest BCUT2D eigenvalue weighted by Crippen LogP contribution is -2.01. The third-order valence-electron chi connectivity index (χ3n) is 4.34. The molecule has 138 valence electrons. The van der Waals surface area contributed by atoms with Crippen LogP contribution in [0.4, 0.5) is 0 Å². The number of nitrogens with zero attached hydrogens (tertiary/aromatic N) is 4. The fourth-order valence-electron chi connectivity index (χ4n) is 3.08. The number of hydrogen-bond donors (Lipinski definition) is 2. The third kappa shape index (κ3) is 3.42. The van der Waals surface area contributed by atoms with Crippen LogP contribution in [0.1, 0.15) is 0 Å². The molecule has 2 aromatic carbocycles. The van der Waals surface area contributed by atoms with Gasteiger partial charge >= 0.3 is 0 Å². The van der Waals surface area contributed by atoms with Crippen LogP contribution in [-0.4, -0.2) is 49.1 Å². The minimum atomic E-state index is -0.0112. The van der Waals surface area contributed by atoms with Crippen LogP contribution in [0, 0.1) is 0 Å². The van der Waals surface area contributed by atoms with Crippen molar-refractivity contribution in [3.63, 3.8) is 0 Å². The summed E-state index contributed by atoms with van der Waals surface area (Å²) in [6.45, 7) is 0.868. The SMILES string of the molecule is OCCOc1ccc(-c2nccn2-c2ccc3c(c2)ncn3CCO)cc1. The molecule has 0 aliphatic rings. The van der Waals surface area contributed by atoms with E-state index < -0.39 is 0 Å². The van der Waals surface area contributed by atoms with Crippen LogP contribution in [0.15, 0.2) is 61.2 Å². The zero-order valence-electron chi connectivity index (χ0n) is 14.7. The van der Waals surface area contributed by atoms with Gasteiger partial charge in [0.25, 0.3) is 0 Å². The van der Waals surface area contributed by atoms with Gasteiger partial charge < -0.3 is 19.5 Å². The Labute approximate surface area is 156 Å². The number of imidazole rings is 2. The van der Waals surface area contributed by atoms with Crippen molar-refractivity contribution in [1.82, 2.24) is 19.1 Å². The minimum Gasteiger partial charge on any atom is -0.491 e. The summed E-state index contributed by atoms with van der Waals surface area (Å²) >= 11 is 0. The Morgan fingerprint density at radius 2 is 1.81 bits per heavy atom. The Morgan fingerprint density at radius 3 is 2.59 bits per heavy atom. The van der Waals surface area contributed by atoms with Gasteiger partial charge in [0.15, 0.2) is 0 Å². The zero-order valence-corrected chi connectivity index (χ0v) is 14.7. The Balaban J connectivity index is 1.66. The molecule has 0 spiro atoms. The van der Waals surface area contributed by atoms with Crippen LogP contribution in [-0.2, 0) is 6.54 Å². The van der Waals surface area contributed by atoms with Crippen molar-refractivity contribution in [1.29, 1.82) is 0 Å². The highest BCUT2D eigenvalue weighted by molar-refractivity contribution is 5.78. The van der Waals surface area contributed by atoms with Crippen LogP contribution < -0.4 is 4.74 Å². The van der Waals surface area contributed by atoms with Crippen molar-refractivity contribution < 1.29 is 14.9 Å². The first kappa shape index (κ1) is 17.3. The minimum absolute atomic E-state index is 0.0112. The number of aromatic nitrogens is 4. The molecule has 7 heteroatoms. The van der Waals surface area contributed by atoms with E-state index in [0.29, 0.717) is 12.3 Å². The predicted molar refractivity (Wildman–Crippen MR) is 102 cm³/mol. The van der Waals surface area contributed by atoms with E-state index in [1.807, 2.05) is 57.8 Å². The molecule has 0 amide bonds. The fraction of sp³-hybridized carbons (Fsp3) is 0.200. The van der Waals surface area contributed by atoms with Gasteiger partial charge in [-0.15, -0.1) is 0 Å². The van der Waals surface area contributed by atoms with Gasteiger partial charge in [-0.05, 0) is 42.5 Å². The molecule has 0 saturated heterocycles. The average Bonchev–Trinajstić information content (AvgIpc) is 3.34. The van der Waals surface area contributed by atoms with Gasteiger partial charge in [0.2, 0.25) is 0 Å². The summed E-state index contributed by atoms with van der Waals surface area (Å²) in [5, 5.41) is 18.0. The van der Waals surface area contributed by atoms with Gasteiger partial charge in [0.05, 0.1) is 30.6 Å². The van der Waals surface area contributed by atoms with E-state index in [2.05, 4.69) is 9.97 Å². The second-order valence-electron chi connectivity index (χ2n) is 6.05. The van der Waals surface area contributed by atoms with E-state index in [4.69, 9.17) is 14.9 Å². The second kappa shape index (κ2) is 7.61. The van der Waals surface area contributed by atoms with Gasteiger partial charge in [0.1, 0.15) is 18.2 Å². The highest BCUT2D eigenvalue weighted by atomic mass is 16.5. The summed E-state index contributed by atoms with van der Waals surface area (Å²) in [4.78, 5) is 8.92. The molecule has 0 unspecified atom stereocenters. The number of fused-ring (bicyclic) bond motifs is 1. The van der Waals surface area contributed by atoms with E-state index in [1.165, 1.54) is 0 Å². The molecular weight excluding hydrogens is 344 g/mol. The Kier molecular flexibility index (Phi) is 4.86. The lowest BCUT2D eigenvalue weighted by molar-refractivity contribution is 0.201. The summed E-state index contributed by atoms with van der Waals surface area (Å²) in [6, 6.07) is 13.6. The number of ether oxygens (including phenoxy) is 1. The van der Waals surface area contributed by atoms with Crippen LogP contribution in [0.25, 0.3) is 28.1 Å². The lowest BCUT2D eigenvalue weighted by Gasteiger charge is -2.10. The zero-order chi connectivity index (χ0) is 18.6. The largest absolute Gasteiger partial charge is 0.491 e. The molecular formula is C20H20N4O3. The number of benzene rings is 2. The fourth-order valence-corrected chi connectivity index (χ4v) is 3.08. The molecule has 27 heavy (non-hydrogen) atoms. The van der Waals surface area contributed by atoms with Gasteiger partial charge in [-0.3, -0.25) is 4.57 Å². The Hall–Kier alpha value is -3.16. The smallest absolute Gasteiger partial charge is 0.144 e. The van der Waals surface area contributed by atoms with Crippen LogP contribution in [0.2, 0.25) is 0 Å². The first-order chi connectivity index (χ1) is 13.3. The summed E-state index contributed by atoms with van der Waals surface area (Å²) < 4.78 is 9.34. The van der Waals surface area contributed by atoms with Crippen molar-refractivity contribution in [2.24, 2.45) is 0 Å². The summed E-state index contributed by atoms with van der Waals surface area (Å²) in [5.74, 6) is 1.53. The molecule has 2 heterocycles. The predicted octanol–water partition coefficient (Wildman–Crippen LogP) is 2.25. The van der Waals surface area contributed by atoms with E-state index >= 15 is 0 Å². The van der Waals surface area contributed by atoms with Gasteiger partial charge in [-0.1, -0.05) is 0 Å². The highest BCUT2D eigenvalue weighted by Crippen LogP contribution is 2.25. The first-order valence-electron chi connectivity index (χ1n) is 8.74. The van der Waals surface area contributed by atoms with Crippen molar-refractivity contribution in [3.05, 3.63) is 61.2 Å². The number of rotatable bonds is 7. The molecule has 7 nitrogen and oxygen atoms in total. The molecule has 0 bridgehead atoms. The van der Waals surface area contributed by atoms with Crippen molar-refractivity contribution >= 4 is 11.0 Å². The number of aliphatic hydroxyl groups excluding tert-OH is 2. The molecule has 0 atom stereocenters. The molecule has 2 aromatic heterocycles. The van der Waals surface area contributed by atoms with E-state index in [9.17, 15) is 0 Å². The molecule has 0 saturated carbocycles. The maximum Gasteiger partial charge on any atom is 0.144 e. The third-order valence-corrected chi connectivity index (χ3v) is 4.34. The number of hydrogen-bond acceptors (Lipinski definition) is 5. The van der Waals surface area contributed by atoms with Crippen molar-refractivity contribution in [3.8, 4) is 22.8 Å². The molecule has 4 aromatic rings. The van der Waals surface area contributed by atoms with E-state index in [0.717, 1.165) is 28.1 Å². The second-order valence-corrected chi connectivity index (χ2v) is 6.05. The molecule has 0 radical (unpaired) electrons. The quantitative estimate of drug-likeness (QED) is 0.525. The van der Waals surface area contributed by atoms with E-state index in [-0.39, 0.29) is 19.8 Å².